The maximum absolute atomic E-state index is 11.7. The van der Waals surface area contributed by atoms with Crippen LogP contribution in [-0.2, 0) is 0 Å². The third kappa shape index (κ3) is 2.05. The van der Waals surface area contributed by atoms with Gasteiger partial charge in [-0.15, -0.1) is 0 Å². The molecule has 0 aliphatic heterocycles. The summed E-state index contributed by atoms with van der Waals surface area (Å²) in [5.74, 6) is 0. The average Bonchev–Trinajstić information content (AvgIpc) is 2.71. The molecule has 3 nitrogen and oxygen atoms in total. The normalized spacial score (nSPS) is 11.8. The van der Waals surface area contributed by atoms with Crippen molar-refractivity contribution in [1.82, 2.24) is 9.78 Å². The van der Waals surface area contributed by atoms with Crippen LogP contribution in [0.2, 0.25) is 0 Å². The summed E-state index contributed by atoms with van der Waals surface area (Å²) in [5, 5.41) is 3.17. The van der Waals surface area contributed by atoms with Crippen molar-refractivity contribution in [2.24, 2.45) is 0 Å². The molecule has 0 amide bonds. The molecule has 82 valence electrons. The number of para-hydroxylation sites is 1. The van der Waals surface area contributed by atoms with Crippen molar-refractivity contribution in [1.29, 1.82) is 0 Å². The third-order valence-electron chi connectivity index (χ3n) is 2.09. The van der Waals surface area contributed by atoms with E-state index in [0.29, 0.717) is 10.7 Å². The van der Waals surface area contributed by atoms with Gasteiger partial charge >= 0.3 is 0 Å². The highest BCUT2D eigenvalue weighted by Crippen LogP contribution is 2.16. The van der Waals surface area contributed by atoms with E-state index in [2.05, 4.69) is 5.10 Å². The smallest absolute Gasteiger partial charge is 0.271 e. The van der Waals surface area contributed by atoms with Crippen LogP contribution in [0.3, 0.4) is 0 Å². The van der Waals surface area contributed by atoms with Crippen LogP contribution in [0.15, 0.2) is 46.7 Å². The molecule has 0 saturated heterocycles. The van der Waals surface area contributed by atoms with Crippen molar-refractivity contribution in [2.45, 2.75) is 0 Å². The highest BCUT2D eigenvalue weighted by Gasteiger charge is 2.06. The number of aromatic amines is 1. The Balaban J connectivity index is 2.52. The van der Waals surface area contributed by atoms with Gasteiger partial charge in [-0.05, 0) is 12.1 Å². The average molecular weight is 255 g/mol. The molecule has 0 saturated carbocycles. The Bertz CT molecular complexity index is 569. The second-order valence-corrected chi connectivity index (χ2v) is 3.76. The topological polar surface area (TPSA) is 37.8 Å². The van der Waals surface area contributed by atoms with E-state index in [9.17, 15) is 4.79 Å². The maximum atomic E-state index is 11.7. The quantitative estimate of drug-likeness (QED) is 0.880. The molecule has 2 rings (SSSR count). The molecule has 0 bridgehead atoms. The molecule has 5 heteroatoms. The van der Waals surface area contributed by atoms with Crippen molar-refractivity contribution in [3.8, 4) is 5.69 Å². The standard InChI is InChI=1S/C11H8Cl2N2O/c12-7-9(13)10-6-11(16)15(14-10)8-4-2-1-3-5-8/h1-7,14H. The van der Waals surface area contributed by atoms with Crippen LogP contribution in [0.4, 0.5) is 0 Å². The molecule has 1 heterocycles. The lowest BCUT2D eigenvalue weighted by molar-refractivity contribution is 0.845. The zero-order valence-electron chi connectivity index (χ0n) is 8.15. The minimum Gasteiger partial charge on any atom is -0.289 e. The van der Waals surface area contributed by atoms with Crippen molar-refractivity contribution in [3.63, 3.8) is 0 Å². The predicted molar refractivity (Wildman–Crippen MR) is 66.1 cm³/mol. The first-order chi connectivity index (χ1) is 7.72. The van der Waals surface area contributed by atoms with Crippen molar-refractivity contribution in [3.05, 3.63) is 58.0 Å². The molecule has 1 aromatic carbocycles. The van der Waals surface area contributed by atoms with E-state index >= 15 is 0 Å². The molecule has 1 aromatic heterocycles. The van der Waals surface area contributed by atoms with Gasteiger partial charge in [-0.3, -0.25) is 9.89 Å². The second-order valence-electron chi connectivity index (χ2n) is 3.14. The summed E-state index contributed by atoms with van der Waals surface area (Å²) in [6, 6.07) is 10.6. The van der Waals surface area contributed by atoms with Crippen LogP contribution in [0.1, 0.15) is 5.69 Å². The number of benzene rings is 1. The van der Waals surface area contributed by atoms with Crippen LogP contribution in [-0.4, -0.2) is 9.78 Å². The van der Waals surface area contributed by atoms with Gasteiger partial charge in [0.1, 0.15) is 0 Å². The molecule has 0 atom stereocenters. The lowest BCUT2D eigenvalue weighted by atomic mass is 10.3. The zero-order chi connectivity index (χ0) is 11.5. The molecule has 0 unspecified atom stereocenters. The Morgan fingerprint density at radius 3 is 2.62 bits per heavy atom. The fourth-order valence-corrected chi connectivity index (χ4v) is 1.56. The monoisotopic (exact) mass is 254 g/mol. The number of nitrogens with one attached hydrogen (secondary N) is 1. The fourth-order valence-electron chi connectivity index (χ4n) is 1.35. The van der Waals surface area contributed by atoms with E-state index < -0.39 is 0 Å². The number of H-pyrrole nitrogens is 1. The minimum absolute atomic E-state index is 0.183. The molecule has 0 radical (unpaired) electrons. The van der Waals surface area contributed by atoms with Gasteiger partial charge in [-0.1, -0.05) is 41.4 Å². The minimum atomic E-state index is -0.183. The van der Waals surface area contributed by atoms with E-state index in [-0.39, 0.29) is 5.56 Å². The SMILES string of the molecule is O=c1cc(C(Cl)=CCl)[nH]n1-c1ccccc1. The van der Waals surface area contributed by atoms with Crippen LogP contribution in [0.25, 0.3) is 10.7 Å². The van der Waals surface area contributed by atoms with Crippen molar-refractivity contribution < 1.29 is 0 Å². The van der Waals surface area contributed by atoms with Crippen LogP contribution in [0, 0.1) is 0 Å². The summed E-state index contributed by atoms with van der Waals surface area (Å²) >= 11 is 11.3. The van der Waals surface area contributed by atoms with Crippen molar-refractivity contribution in [2.75, 3.05) is 0 Å². The van der Waals surface area contributed by atoms with Gasteiger partial charge in [-0.2, -0.15) is 0 Å². The molecule has 16 heavy (non-hydrogen) atoms. The second kappa shape index (κ2) is 4.60. The number of hydrogen-bond donors (Lipinski definition) is 1. The number of aromatic nitrogens is 2. The maximum Gasteiger partial charge on any atom is 0.271 e. The summed E-state index contributed by atoms with van der Waals surface area (Å²) in [6.07, 6.45) is 0. The zero-order valence-corrected chi connectivity index (χ0v) is 9.66. The molecule has 0 aliphatic carbocycles. The van der Waals surface area contributed by atoms with Gasteiger partial charge in [0, 0.05) is 11.6 Å². The molecular weight excluding hydrogens is 247 g/mol. The first-order valence-electron chi connectivity index (χ1n) is 4.56. The van der Waals surface area contributed by atoms with Gasteiger partial charge in [-0.25, -0.2) is 4.68 Å². The largest absolute Gasteiger partial charge is 0.289 e. The molecule has 2 aromatic rings. The Hall–Kier alpha value is -1.45. The van der Waals surface area contributed by atoms with Crippen molar-refractivity contribution >= 4 is 28.2 Å². The van der Waals surface area contributed by atoms with Gasteiger partial charge < -0.3 is 0 Å². The Morgan fingerprint density at radius 2 is 2.00 bits per heavy atom. The highest BCUT2D eigenvalue weighted by molar-refractivity contribution is 6.52. The van der Waals surface area contributed by atoms with Gasteiger partial charge in [0.15, 0.2) is 0 Å². The number of hydrogen-bond acceptors (Lipinski definition) is 1. The summed E-state index contributed by atoms with van der Waals surface area (Å²) in [4.78, 5) is 11.7. The molecule has 0 spiro atoms. The first-order valence-corrected chi connectivity index (χ1v) is 5.37. The Morgan fingerprint density at radius 1 is 1.31 bits per heavy atom. The van der Waals surface area contributed by atoms with E-state index in [0.717, 1.165) is 5.69 Å². The van der Waals surface area contributed by atoms with E-state index in [1.54, 1.807) is 0 Å². The summed E-state index contributed by atoms with van der Waals surface area (Å²) in [6.45, 7) is 0. The Labute approximate surface area is 102 Å². The van der Waals surface area contributed by atoms with Gasteiger partial charge in [0.2, 0.25) is 0 Å². The lowest BCUT2D eigenvalue weighted by Crippen LogP contribution is -2.12. The molecule has 0 fully saturated rings. The number of halogens is 2. The van der Waals surface area contributed by atoms with E-state index in [1.807, 2.05) is 30.3 Å². The molecule has 1 N–H and O–H groups in total. The third-order valence-corrected chi connectivity index (χ3v) is 2.73. The van der Waals surface area contributed by atoms with E-state index in [4.69, 9.17) is 23.2 Å². The highest BCUT2D eigenvalue weighted by atomic mass is 35.5. The molecule has 0 aliphatic rings. The molecular formula is C11H8Cl2N2O. The Kier molecular flexibility index (Phi) is 3.17. The first kappa shape index (κ1) is 11.0. The number of rotatable bonds is 2. The van der Waals surface area contributed by atoms with E-state index in [1.165, 1.54) is 16.3 Å². The fraction of sp³-hybridized carbons (Fsp3) is 0. The van der Waals surface area contributed by atoms with Crippen LogP contribution in [0.5, 0.6) is 0 Å². The van der Waals surface area contributed by atoms with Gasteiger partial charge in [0.25, 0.3) is 5.56 Å². The predicted octanol–water partition coefficient (Wildman–Crippen LogP) is 2.94. The summed E-state index contributed by atoms with van der Waals surface area (Å²) < 4.78 is 1.40. The summed E-state index contributed by atoms with van der Waals surface area (Å²) in [5.41, 5.74) is 2.27. The van der Waals surface area contributed by atoms with Gasteiger partial charge in [0.05, 0.1) is 16.4 Å². The van der Waals surface area contributed by atoms with Crippen LogP contribution >= 0.6 is 23.2 Å². The number of nitrogens with zero attached hydrogens (tertiary/aromatic N) is 1. The summed E-state index contributed by atoms with van der Waals surface area (Å²) in [7, 11) is 0. The lowest BCUT2D eigenvalue weighted by Gasteiger charge is -2.00. The van der Waals surface area contributed by atoms with Crippen LogP contribution < -0.4 is 5.56 Å².